The molecule has 0 spiro atoms. The third-order valence-electron chi connectivity index (χ3n) is 4.16. The number of carbonyl (C=O) groups is 2. The Kier molecular flexibility index (Phi) is 11.3. The highest BCUT2D eigenvalue weighted by Gasteiger charge is 2.15. The lowest BCUT2D eigenvalue weighted by atomic mass is 10.1. The normalized spacial score (nSPS) is 12.3. The van der Waals surface area contributed by atoms with E-state index in [0.29, 0.717) is 25.3 Å². The van der Waals surface area contributed by atoms with E-state index in [4.69, 9.17) is 9.47 Å². The molecule has 7 nitrogen and oxygen atoms in total. The van der Waals surface area contributed by atoms with Crippen molar-refractivity contribution < 1.29 is 24.2 Å². The number of rotatable bonds is 12. The first-order valence-electron chi connectivity index (χ1n) is 10.2. The third-order valence-corrected chi connectivity index (χ3v) is 4.16. The van der Waals surface area contributed by atoms with Gasteiger partial charge < -0.3 is 25.2 Å². The fourth-order valence-electron chi connectivity index (χ4n) is 2.70. The molecule has 0 saturated heterocycles. The van der Waals surface area contributed by atoms with Crippen LogP contribution in [-0.4, -0.2) is 49.1 Å². The molecule has 0 fully saturated rings. The molecule has 1 unspecified atom stereocenters. The van der Waals surface area contributed by atoms with Crippen LogP contribution < -0.4 is 10.6 Å². The Morgan fingerprint density at radius 2 is 1.69 bits per heavy atom. The third kappa shape index (κ3) is 12.1. The molecule has 0 aliphatic carbocycles. The second-order valence-corrected chi connectivity index (χ2v) is 8.12. The Morgan fingerprint density at radius 3 is 2.31 bits per heavy atom. The molecule has 0 saturated carbocycles. The monoisotopic (exact) mass is 408 g/mol. The summed E-state index contributed by atoms with van der Waals surface area (Å²) in [6.07, 6.45) is 3.79. The van der Waals surface area contributed by atoms with Crippen molar-refractivity contribution in [1.29, 1.82) is 0 Å². The molecule has 0 aliphatic rings. The van der Waals surface area contributed by atoms with E-state index >= 15 is 0 Å². The van der Waals surface area contributed by atoms with Gasteiger partial charge in [-0.25, -0.2) is 4.79 Å². The maximum Gasteiger partial charge on any atom is 0.407 e. The topological polar surface area (TPSA) is 96.9 Å². The van der Waals surface area contributed by atoms with Gasteiger partial charge in [0.05, 0.1) is 12.7 Å². The Morgan fingerprint density at radius 1 is 1.03 bits per heavy atom. The minimum Gasteiger partial charge on any atom is -0.444 e. The van der Waals surface area contributed by atoms with Crippen LogP contribution in [0.3, 0.4) is 0 Å². The summed E-state index contributed by atoms with van der Waals surface area (Å²) in [5, 5.41) is 15.2. The Labute approximate surface area is 174 Å². The van der Waals surface area contributed by atoms with Crippen molar-refractivity contribution >= 4 is 12.0 Å². The van der Waals surface area contributed by atoms with Crippen LogP contribution in [0, 0.1) is 0 Å². The summed E-state index contributed by atoms with van der Waals surface area (Å²) in [5.74, 6) is -0.104. The lowest BCUT2D eigenvalue weighted by Crippen LogP contribution is -2.32. The van der Waals surface area contributed by atoms with E-state index in [0.717, 1.165) is 37.7 Å². The fraction of sp³-hybridized carbons (Fsp3) is 0.636. The predicted molar refractivity (Wildman–Crippen MR) is 113 cm³/mol. The smallest absolute Gasteiger partial charge is 0.407 e. The van der Waals surface area contributed by atoms with E-state index < -0.39 is 11.7 Å². The highest BCUT2D eigenvalue weighted by Crippen LogP contribution is 2.09. The van der Waals surface area contributed by atoms with Gasteiger partial charge in [-0.15, -0.1) is 0 Å². The summed E-state index contributed by atoms with van der Waals surface area (Å²) in [6, 6.07) is 7.13. The van der Waals surface area contributed by atoms with Gasteiger partial charge in [-0.05, 0) is 51.3 Å². The molecule has 1 aromatic carbocycles. The molecule has 164 valence electrons. The van der Waals surface area contributed by atoms with Crippen molar-refractivity contribution in [2.24, 2.45) is 0 Å². The number of unbranched alkanes of at least 4 members (excludes halogenated alkanes) is 3. The summed E-state index contributed by atoms with van der Waals surface area (Å²) in [6.45, 7) is 6.79. The first-order valence-corrected chi connectivity index (χ1v) is 10.2. The Balaban J connectivity index is 2.21. The van der Waals surface area contributed by atoms with Gasteiger partial charge in [-0.1, -0.05) is 31.4 Å². The summed E-state index contributed by atoms with van der Waals surface area (Å²) in [5.41, 5.74) is 0.953. The van der Waals surface area contributed by atoms with E-state index in [1.54, 1.807) is 19.2 Å². The Hall–Kier alpha value is -2.12. The van der Waals surface area contributed by atoms with Crippen molar-refractivity contribution in [2.75, 3.05) is 20.3 Å². The number of hydrogen-bond acceptors (Lipinski definition) is 5. The van der Waals surface area contributed by atoms with Crippen LogP contribution in [0.4, 0.5) is 4.79 Å². The molecule has 7 heteroatoms. The molecule has 1 atom stereocenters. The van der Waals surface area contributed by atoms with E-state index in [-0.39, 0.29) is 12.0 Å². The molecule has 2 amide bonds. The molecule has 29 heavy (non-hydrogen) atoms. The van der Waals surface area contributed by atoms with Gasteiger partial charge in [0.25, 0.3) is 5.91 Å². The number of carbonyl (C=O) groups excluding carboxylic acids is 2. The number of aliphatic hydroxyl groups is 1. The van der Waals surface area contributed by atoms with Crippen LogP contribution >= 0.6 is 0 Å². The highest BCUT2D eigenvalue weighted by molar-refractivity contribution is 5.94. The fourth-order valence-corrected chi connectivity index (χ4v) is 2.70. The summed E-state index contributed by atoms with van der Waals surface area (Å²) >= 11 is 0. The van der Waals surface area contributed by atoms with Gasteiger partial charge >= 0.3 is 6.09 Å². The highest BCUT2D eigenvalue weighted by atomic mass is 16.6. The van der Waals surface area contributed by atoms with Crippen molar-refractivity contribution in [1.82, 2.24) is 10.6 Å². The van der Waals surface area contributed by atoms with Crippen molar-refractivity contribution in [3.05, 3.63) is 35.4 Å². The number of nitrogens with one attached hydrogen (secondary N) is 2. The molecular weight excluding hydrogens is 372 g/mol. The van der Waals surface area contributed by atoms with E-state index in [1.165, 1.54) is 0 Å². The number of ether oxygens (including phenoxy) is 2. The van der Waals surface area contributed by atoms with Gasteiger partial charge in [0.1, 0.15) is 5.60 Å². The molecule has 1 aromatic rings. The summed E-state index contributed by atoms with van der Waals surface area (Å²) in [4.78, 5) is 23.8. The van der Waals surface area contributed by atoms with E-state index in [9.17, 15) is 14.7 Å². The van der Waals surface area contributed by atoms with Crippen LogP contribution in [0.5, 0.6) is 0 Å². The largest absolute Gasteiger partial charge is 0.444 e. The number of amides is 2. The predicted octanol–water partition coefficient (Wildman–Crippen LogP) is 3.40. The van der Waals surface area contributed by atoms with E-state index in [2.05, 4.69) is 10.6 Å². The molecule has 1 rings (SSSR count). The molecule has 0 aliphatic heterocycles. The zero-order valence-electron chi connectivity index (χ0n) is 18.1. The number of hydrogen-bond donors (Lipinski definition) is 3. The second-order valence-electron chi connectivity index (χ2n) is 8.12. The Bertz CT molecular complexity index is 611. The average molecular weight is 409 g/mol. The van der Waals surface area contributed by atoms with E-state index in [1.807, 2.05) is 32.9 Å². The maximum atomic E-state index is 12.2. The van der Waals surface area contributed by atoms with Crippen molar-refractivity contribution in [3.63, 3.8) is 0 Å². The number of alkyl carbamates (subject to hydrolysis) is 1. The zero-order valence-corrected chi connectivity index (χ0v) is 18.1. The number of aliphatic hydroxyl groups excluding tert-OH is 1. The average Bonchev–Trinajstić information content (AvgIpc) is 2.64. The minimum atomic E-state index is -0.530. The minimum absolute atomic E-state index is 0.104. The van der Waals surface area contributed by atoms with Crippen LogP contribution in [-0.2, 0) is 16.0 Å². The summed E-state index contributed by atoms with van der Waals surface area (Å²) in [7, 11) is 1.58. The zero-order chi connectivity index (χ0) is 21.7. The maximum absolute atomic E-state index is 12.2. The molecule has 3 N–H and O–H groups in total. The van der Waals surface area contributed by atoms with Crippen molar-refractivity contribution in [2.45, 2.75) is 71.1 Å². The lowest BCUT2D eigenvalue weighted by Gasteiger charge is -2.19. The van der Waals surface area contributed by atoms with Crippen LogP contribution in [0.25, 0.3) is 0 Å². The standard InChI is InChI=1S/C22H36N2O5/c1-22(2,3)29-21(27)24-15-17-10-12-18(13-11-17)20(26)23-14-8-6-5-7-9-19(25)16-28-4/h10-13,19,25H,5-9,14-16H2,1-4H3,(H,23,26)(H,24,27). The van der Waals surface area contributed by atoms with Crippen LogP contribution in [0.1, 0.15) is 68.8 Å². The second kappa shape index (κ2) is 13.2. The number of methoxy groups -OCH3 is 1. The molecular formula is C22H36N2O5. The van der Waals surface area contributed by atoms with Gasteiger partial charge in [0.2, 0.25) is 0 Å². The van der Waals surface area contributed by atoms with Gasteiger partial charge in [-0.3, -0.25) is 4.79 Å². The SMILES string of the molecule is COCC(O)CCCCCCNC(=O)c1ccc(CNC(=O)OC(C)(C)C)cc1. The first kappa shape index (κ1) is 24.9. The van der Waals surface area contributed by atoms with Crippen molar-refractivity contribution in [3.8, 4) is 0 Å². The molecule has 0 heterocycles. The quantitative estimate of drug-likeness (QED) is 0.461. The summed E-state index contributed by atoms with van der Waals surface area (Å²) < 4.78 is 10.1. The molecule has 0 radical (unpaired) electrons. The van der Waals surface area contributed by atoms with Crippen LogP contribution in [0.2, 0.25) is 0 Å². The van der Waals surface area contributed by atoms with Gasteiger partial charge in [0, 0.05) is 25.8 Å². The van der Waals surface area contributed by atoms with Gasteiger partial charge in [-0.2, -0.15) is 0 Å². The number of benzene rings is 1. The first-order chi connectivity index (χ1) is 13.7. The lowest BCUT2D eigenvalue weighted by molar-refractivity contribution is 0.0523. The van der Waals surface area contributed by atoms with Crippen LogP contribution in [0.15, 0.2) is 24.3 Å². The van der Waals surface area contributed by atoms with Gasteiger partial charge in [0.15, 0.2) is 0 Å². The molecule has 0 bridgehead atoms. The molecule has 0 aromatic heterocycles.